The maximum absolute atomic E-state index is 11.6. The minimum absolute atomic E-state index is 0. The fraction of sp³-hybridized carbons (Fsp3) is 0.583. The molecule has 1 saturated heterocycles. The minimum atomic E-state index is 0. The molecular formula is C12H18ClNO2S. The van der Waals surface area contributed by atoms with Gasteiger partial charge in [-0.15, -0.1) is 23.7 Å². The molecule has 1 fully saturated rings. The highest BCUT2D eigenvalue weighted by molar-refractivity contribution is 7.12. The second-order valence-corrected chi connectivity index (χ2v) is 5.08. The van der Waals surface area contributed by atoms with Crippen molar-refractivity contribution in [3.05, 3.63) is 22.4 Å². The predicted molar refractivity (Wildman–Crippen MR) is 72.3 cm³/mol. The van der Waals surface area contributed by atoms with E-state index in [1.165, 1.54) is 24.2 Å². The van der Waals surface area contributed by atoms with Gasteiger partial charge < -0.3 is 10.1 Å². The number of ether oxygens (including phenoxy) is 1. The van der Waals surface area contributed by atoms with Gasteiger partial charge in [0.15, 0.2) is 5.78 Å². The molecule has 1 unspecified atom stereocenters. The zero-order chi connectivity index (χ0) is 11.2. The number of carbonyl (C=O) groups excluding carboxylic acids is 1. The first-order valence-electron chi connectivity index (χ1n) is 5.71. The molecule has 0 bridgehead atoms. The Labute approximate surface area is 112 Å². The van der Waals surface area contributed by atoms with E-state index in [4.69, 9.17) is 4.74 Å². The molecule has 17 heavy (non-hydrogen) atoms. The Hall–Kier alpha value is -0.420. The number of ketones is 1. The van der Waals surface area contributed by atoms with Crippen molar-refractivity contribution in [1.29, 1.82) is 0 Å². The van der Waals surface area contributed by atoms with Crippen LogP contribution in [0.15, 0.2) is 17.5 Å². The highest BCUT2D eigenvalue weighted by Gasteiger charge is 2.14. The van der Waals surface area contributed by atoms with Gasteiger partial charge in [0.2, 0.25) is 0 Å². The zero-order valence-corrected chi connectivity index (χ0v) is 11.3. The highest BCUT2D eigenvalue weighted by Crippen LogP contribution is 2.12. The molecule has 1 N–H and O–H groups in total. The summed E-state index contributed by atoms with van der Waals surface area (Å²) in [6.07, 6.45) is 2.42. The van der Waals surface area contributed by atoms with E-state index in [-0.39, 0.29) is 24.8 Å². The number of rotatable bonds is 5. The Morgan fingerprint density at radius 1 is 1.59 bits per heavy atom. The first-order valence-corrected chi connectivity index (χ1v) is 6.59. The number of halogens is 1. The van der Waals surface area contributed by atoms with Crippen LogP contribution in [0.25, 0.3) is 0 Å². The molecule has 1 aromatic heterocycles. The summed E-state index contributed by atoms with van der Waals surface area (Å²) in [4.78, 5) is 12.4. The molecule has 0 aliphatic carbocycles. The molecule has 2 rings (SSSR count). The Kier molecular flexibility index (Phi) is 6.73. The van der Waals surface area contributed by atoms with Gasteiger partial charge in [0.1, 0.15) is 6.61 Å². The standard InChI is InChI=1S/C12H17NO2S.ClH/c14-11(12-4-2-6-16-12)9-15-8-10-3-1-5-13-7-10;/h2,4,6,10,13H,1,3,5,7-9H2;1H. The van der Waals surface area contributed by atoms with Gasteiger partial charge in [-0.25, -0.2) is 0 Å². The van der Waals surface area contributed by atoms with Crippen LogP contribution in [0.5, 0.6) is 0 Å². The van der Waals surface area contributed by atoms with E-state index in [0.717, 1.165) is 18.0 Å². The van der Waals surface area contributed by atoms with Gasteiger partial charge in [-0.2, -0.15) is 0 Å². The number of hydrogen-bond donors (Lipinski definition) is 1. The summed E-state index contributed by atoms with van der Waals surface area (Å²) < 4.78 is 5.48. The van der Waals surface area contributed by atoms with Gasteiger partial charge in [0, 0.05) is 6.54 Å². The molecule has 0 aromatic carbocycles. The Balaban J connectivity index is 0.00000144. The van der Waals surface area contributed by atoms with Crippen LogP contribution in [0.3, 0.4) is 0 Å². The lowest BCUT2D eigenvalue weighted by Crippen LogP contribution is -2.32. The molecule has 96 valence electrons. The van der Waals surface area contributed by atoms with Crippen molar-refractivity contribution in [2.75, 3.05) is 26.3 Å². The van der Waals surface area contributed by atoms with Crippen LogP contribution in [0.2, 0.25) is 0 Å². The third-order valence-electron chi connectivity index (χ3n) is 2.78. The van der Waals surface area contributed by atoms with Gasteiger partial charge in [0.25, 0.3) is 0 Å². The van der Waals surface area contributed by atoms with Gasteiger partial charge in [-0.3, -0.25) is 4.79 Å². The number of Topliss-reactive ketones (excluding diaryl/α,β-unsaturated/α-hetero) is 1. The van der Waals surface area contributed by atoms with Crippen LogP contribution in [0.4, 0.5) is 0 Å². The lowest BCUT2D eigenvalue weighted by molar-refractivity contribution is 0.0649. The van der Waals surface area contributed by atoms with Crippen LogP contribution < -0.4 is 5.32 Å². The summed E-state index contributed by atoms with van der Waals surface area (Å²) in [6.45, 7) is 3.05. The first kappa shape index (κ1) is 14.6. The van der Waals surface area contributed by atoms with Crippen molar-refractivity contribution in [2.45, 2.75) is 12.8 Å². The molecular weight excluding hydrogens is 258 g/mol. The Morgan fingerprint density at radius 3 is 3.12 bits per heavy atom. The van der Waals surface area contributed by atoms with E-state index in [9.17, 15) is 4.79 Å². The Morgan fingerprint density at radius 2 is 2.47 bits per heavy atom. The van der Waals surface area contributed by atoms with Gasteiger partial charge in [-0.1, -0.05) is 6.07 Å². The third-order valence-corrected chi connectivity index (χ3v) is 3.69. The Bertz CT molecular complexity index is 323. The van der Waals surface area contributed by atoms with Crippen molar-refractivity contribution < 1.29 is 9.53 Å². The van der Waals surface area contributed by atoms with Crippen molar-refractivity contribution in [2.24, 2.45) is 5.92 Å². The molecule has 0 amide bonds. The van der Waals surface area contributed by atoms with E-state index in [1.807, 2.05) is 17.5 Å². The van der Waals surface area contributed by atoms with Crippen LogP contribution in [-0.4, -0.2) is 32.1 Å². The summed E-state index contributed by atoms with van der Waals surface area (Å²) >= 11 is 1.48. The van der Waals surface area contributed by atoms with Gasteiger partial charge in [-0.05, 0) is 36.8 Å². The zero-order valence-electron chi connectivity index (χ0n) is 9.69. The van der Waals surface area contributed by atoms with Crippen molar-refractivity contribution in [3.8, 4) is 0 Å². The van der Waals surface area contributed by atoms with Crippen LogP contribution in [-0.2, 0) is 4.74 Å². The maximum Gasteiger partial charge on any atom is 0.198 e. The van der Waals surface area contributed by atoms with Crippen molar-refractivity contribution in [3.63, 3.8) is 0 Å². The van der Waals surface area contributed by atoms with E-state index in [1.54, 1.807) is 0 Å². The molecule has 0 saturated carbocycles. The fourth-order valence-corrected chi connectivity index (χ4v) is 2.54. The van der Waals surface area contributed by atoms with E-state index in [2.05, 4.69) is 5.32 Å². The summed E-state index contributed by atoms with van der Waals surface area (Å²) in [5.41, 5.74) is 0. The monoisotopic (exact) mass is 275 g/mol. The SMILES string of the molecule is Cl.O=C(COCC1CCCNC1)c1cccs1. The molecule has 1 aromatic rings. The normalized spacial score (nSPS) is 19.6. The smallest absolute Gasteiger partial charge is 0.198 e. The molecule has 5 heteroatoms. The number of piperidine rings is 1. The second-order valence-electron chi connectivity index (χ2n) is 4.13. The summed E-state index contributed by atoms with van der Waals surface area (Å²) in [6, 6.07) is 3.74. The predicted octanol–water partition coefficient (Wildman–Crippen LogP) is 2.37. The molecule has 0 radical (unpaired) electrons. The van der Waals surface area contributed by atoms with Crippen molar-refractivity contribution >= 4 is 29.5 Å². The topological polar surface area (TPSA) is 38.3 Å². The lowest BCUT2D eigenvalue weighted by atomic mass is 10.0. The summed E-state index contributed by atoms with van der Waals surface area (Å²) in [5, 5.41) is 5.25. The average molecular weight is 276 g/mol. The number of carbonyl (C=O) groups is 1. The fourth-order valence-electron chi connectivity index (χ4n) is 1.89. The van der Waals surface area contributed by atoms with Crippen LogP contribution in [0.1, 0.15) is 22.5 Å². The van der Waals surface area contributed by atoms with E-state index < -0.39 is 0 Å². The quantitative estimate of drug-likeness (QED) is 0.839. The molecule has 3 nitrogen and oxygen atoms in total. The largest absolute Gasteiger partial charge is 0.373 e. The maximum atomic E-state index is 11.6. The van der Waals surface area contributed by atoms with E-state index >= 15 is 0 Å². The highest BCUT2D eigenvalue weighted by atomic mass is 35.5. The number of hydrogen-bond acceptors (Lipinski definition) is 4. The van der Waals surface area contributed by atoms with Crippen LogP contribution in [0, 0.1) is 5.92 Å². The summed E-state index contributed by atoms with van der Waals surface area (Å²) in [7, 11) is 0. The first-order chi connectivity index (χ1) is 7.86. The van der Waals surface area contributed by atoms with Crippen LogP contribution >= 0.6 is 23.7 Å². The molecule has 1 aliphatic heterocycles. The molecule has 1 aliphatic rings. The van der Waals surface area contributed by atoms with Crippen molar-refractivity contribution in [1.82, 2.24) is 5.32 Å². The average Bonchev–Trinajstić information content (AvgIpc) is 2.84. The molecule has 0 spiro atoms. The van der Waals surface area contributed by atoms with E-state index in [0.29, 0.717) is 12.5 Å². The van der Waals surface area contributed by atoms with Gasteiger partial charge in [0.05, 0.1) is 11.5 Å². The molecule has 2 heterocycles. The molecule has 1 atom stereocenters. The lowest BCUT2D eigenvalue weighted by Gasteiger charge is -2.22. The minimum Gasteiger partial charge on any atom is -0.373 e. The second kappa shape index (κ2) is 7.82. The van der Waals surface area contributed by atoms with Gasteiger partial charge >= 0.3 is 0 Å². The third kappa shape index (κ3) is 4.76. The number of thiophene rings is 1. The summed E-state index contributed by atoms with van der Waals surface area (Å²) in [5.74, 6) is 0.670. The number of nitrogens with one attached hydrogen (secondary N) is 1.